The lowest BCUT2D eigenvalue weighted by molar-refractivity contribution is 0.348. The summed E-state index contributed by atoms with van der Waals surface area (Å²) in [7, 11) is 0. The Bertz CT molecular complexity index is 704. The van der Waals surface area contributed by atoms with Gasteiger partial charge in [0.2, 0.25) is 0 Å². The van der Waals surface area contributed by atoms with E-state index >= 15 is 0 Å². The van der Waals surface area contributed by atoms with Gasteiger partial charge in [0.05, 0.1) is 0 Å². The summed E-state index contributed by atoms with van der Waals surface area (Å²) in [6.07, 6.45) is 5.40. The topological polar surface area (TPSA) is 23.8 Å². The zero-order valence-corrected chi connectivity index (χ0v) is 14.7. The maximum atomic E-state index is 8.73. The fraction of sp³-hybridized carbons (Fsp3) is 0.381. The molecular weight excluding hydrogens is 298 g/mol. The minimum Gasteiger partial charge on any atom is -0.185 e. The van der Waals surface area contributed by atoms with E-state index in [1.807, 2.05) is 12.1 Å². The maximum absolute atomic E-state index is 8.73. The first kappa shape index (κ1) is 16.1. The van der Waals surface area contributed by atoms with Crippen molar-refractivity contribution in [3.8, 4) is 16.5 Å². The lowest BCUT2D eigenvalue weighted by atomic mass is 9.79. The van der Waals surface area contributed by atoms with Crippen LogP contribution in [0, 0.1) is 23.5 Å². The molecule has 1 fully saturated rings. The van der Waals surface area contributed by atoms with Gasteiger partial charge in [-0.05, 0) is 77.7 Å². The molecule has 0 bridgehead atoms. The van der Waals surface area contributed by atoms with Gasteiger partial charge in [-0.1, -0.05) is 50.1 Å². The van der Waals surface area contributed by atoms with Crippen LogP contribution in [0.3, 0.4) is 0 Å². The summed E-state index contributed by atoms with van der Waals surface area (Å²) in [5.74, 6) is 1.64. The van der Waals surface area contributed by atoms with Gasteiger partial charge in [-0.25, -0.2) is 0 Å². The fourth-order valence-electron chi connectivity index (χ4n) is 3.61. The van der Waals surface area contributed by atoms with E-state index < -0.39 is 0 Å². The van der Waals surface area contributed by atoms with Crippen LogP contribution >= 0.6 is 11.8 Å². The molecule has 2 aromatic carbocycles. The first-order valence-corrected chi connectivity index (χ1v) is 9.26. The van der Waals surface area contributed by atoms with Gasteiger partial charge in [0.1, 0.15) is 5.40 Å². The molecule has 0 saturated heterocycles. The number of hydrogen-bond acceptors (Lipinski definition) is 2. The highest BCUT2D eigenvalue weighted by atomic mass is 32.2. The van der Waals surface area contributed by atoms with Crippen molar-refractivity contribution < 1.29 is 0 Å². The summed E-state index contributed by atoms with van der Waals surface area (Å²) >= 11 is 1.21. The van der Waals surface area contributed by atoms with Gasteiger partial charge in [-0.15, -0.1) is 0 Å². The van der Waals surface area contributed by atoms with Crippen molar-refractivity contribution in [3.63, 3.8) is 0 Å². The van der Waals surface area contributed by atoms with Crippen molar-refractivity contribution in [1.29, 1.82) is 5.26 Å². The van der Waals surface area contributed by atoms with Crippen molar-refractivity contribution in [2.24, 2.45) is 5.92 Å². The lowest BCUT2D eigenvalue weighted by Crippen LogP contribution is -2.10. The molecule has 0 aromatic heterocycles. The van der Waals surface area contributed by atoms with E-state index in [2.05, 4.69) is 49.6 Å². The zero-order valence-electron chi connectivity index (χ0n) is 13.9. The smallest absolute Gasteiger partial charge is 0.138 e. The molecule has 2 heteroatoms. The van der Waals surface area contributed by atoms with Crippen LogP contribution in [0.25, 0.3) is 11.1 Å². The van der Waals surface area contributed by atoms with Crippen LogP contribution in [0.1, 0.15) is 49.7 Å². The molecule has 0 atom stereocenters. The number of thioether (sulfide) groups is 1. The number of benzene rings is 2. The molecule has 1 saturated carbocycles. The van der Waals surface area contributed by atoms with E-state index in [0.29, 0.717) is 0 Å². The van der Waals surface area contributed by atoms with Gasteiger partial charge in [0.15, 0.2) is 0 Å². The highest BCUT2D eigenvalue weighted by Gasteiger charge is 2.20. The van der Waals surface area contributed by atoms with E-state index in [1.165, 1.54) is 59.7 Å². The molecule has 1 aliphatic rings. The predicted molar refractivity (Wildman–Crippen MR) is 98.5 cm³/mol. The molecule has 0 amide bonds. The molecular formula is C21H23NS. The Hall–Kier alpha value is -1.72. The average Bonchev–Trinajstić information content (AvgIpc) is 2.57. The zero-order chi connectivity index (χ0) is 16.2. The van der Waals surface area contributed by atoms with E-state index in [-0.39, 0.29) is 0 Å². The molecule has 1 aliphatic carbocycles. The van der Waals surface area contributed by atoms with Crippen LogP contribution in [0.5, 0.6) is 0 Å². The molecule has 118 valence electrons. The van der Waals surface area contributed by atoms with Crippen molar-refractivity contribution in [1.82, 2.24) is 0 Å². The minimum absolute atomic E-state index is 0.744. The van der Waals surface area contributed by atoms with Gasteiger partial charge < -0.3 is 0 Å². The SMILES string of the molecule is Cc1cc(C2CCC(C)CC2)ccc1-c1ccc(SC#N)cc1. The van der Waals surface area contributed by atoms with Crippen LogP contribution in [0.15, 0.2) is 47.4 Å². The average molecular weight is 321 g/mol. The van der Waals surface area contributed by atoms with Gasteiger partial charge in [-0.2, -0.15) is 5.26 Å². The Kier molecular flexibility index (Phi) is 5.08. The number of thiocyanates is 1. The second-order valence-electron chi connectivity index (χ2n) is 6.75. The second kappa shape index (κ2) is 7.23. The first-order valence-electron chi connectivity index (χ1n) is 8.44. The van der Waals surface area contributed by atoms with Crippen LogP contribution in [-0.4, -0.2) is 0 Å². The third-order valence-electron chi connectivity index (χ3n) is 5.07. The fourth-order valence-corrected chi connectivity index (χ4v) is 3.99. The van der Waals surface area contributed by atoms with Crippen LogP contribution in [-0.2, 0) is 0 Å². The minimum atomic E-state index is 0.744. The number of hydrogen-bond donors (Lipinski definition) is 0. The second-order valence-corrected chi connectivity index (χ2v) is 7.61. The standard InChI is InChI=1S/C21H23NS/c1-15-3-5-17(6-4-15)19-9-12-21(16(2)13-19)18-7-10-20(11-8-18)23-14-22/h7-13,15,17H,3-6H2,1-2H3. The summed E-state index contributed by atoms with van der Waals surface area (Å²) in [5.41, 5.74) is 5.39. The summed E-state index contributed by atoms with van der Waals surface area (Å²) in [5, 5.41) is 10.9. The monoisotopic (exact) mass is 321 g/mol. The Labute approximate surface area is 143 Å². The number of nitriles is 1. The quantitative estimate of drug-likeness (QED) is 0.474. The van der Waals surface area contributed by atoms with Crippen LogP contribution in [0.4, 0.5) is 0 Å². The molecule has 0 aliphatic heterocycles. The van der Waals surface area contributed by atoms with Gasteiger partial charge >= 0.3 is 0 Å². The summed E-state index contributed by atoms with van der Waals surface area (Å²) in [6, 6.07) is 15.3. The van der Waals surface area contributed by atoms with E-state index in [1.54, 1.807) is 0 Å². The van der Waals surface area contributed by atoms with Gasteiger partial charge in [-0.3, -0.25) is 0 Å². The Morgan fingerprint density at radius 1 is 1.00 bits per heavy atom. The molecule has 3 rings (SSSR count). The molecule has 0 unspecified atom stereocenters. The predicted octanol–water partition coefficient (Wildman–Crippen LogP) is 6.53. The summed E-state index contributed by atoms with van der Waals surface area (Å²) in [6.45, 7) is 4.58. The van der Waals surface area contributed by atoms with E-state index in [9.17, 15) is 0 Å². The van der Waals surface area contributed by atoms with E-state index in [0.717, 1.165) is 16.7 Å². The number of rotatable bonds is 3. The normalized spacial score (nSPS) is 20.9. The third-order valence-corrected chi connectivity index (χ3v) is 5.67. The molecule has 1 nitrogen and oxygen atoms in total. The molecule has 0 spiro atoms. The van der Waals surface area contributed by atoms with Crippen molar-refractivity contribution in [2.75, 3.05) is 0 Å². The summed E-state index contributed by atoms with van der Waals surface area (Å²) < 4.78 is 0. The molecule has 23 heavy (non-hydrogen) atoms. The highest BCUT2D eigenvalue weighted by molar-refractivity contribution is 8.03. The first-order chi connectivity index (χ1) is 11.2. The third kappa shape index (κ3) is 3.79. The molecule has 2 aromatic rings. The summed E-state index contributed by atoms with van der Waals surface area (Å²) in [4.78, 5) is 1.00. The van der Waals surface area contributed by atoms with Crippen molar-refractivity contribution in [3.05, 3.63) is 53.6 Å². The van der Waals surface area contributed by atoms with Gasteiger partial charge in [0, 0.05) is 4.90 Å². The molecule has 0 N–H and O–H groups in total. The Balaban J connectivity index is 1.80. The van der Waals surface area contributed by atoms with Crippen molar-refractivity contribution >= 4 is 11.8 Å². The Morgan fingerprint density at radius 2 is 1.70 bits per heavy atom. The molecule has 0 heterocycles. The molecule has 0 radical (unpaired) electrons. The lowest BCUT2D eigenvalue weighted by Gasteiger charge is -2.27. The van der Waals surface area contributed by atoms with E-state index in [4.69, 9.17) is 5.26 Å². The number of aryl methyl sites for hydroxylation is 1. The number of nitrogens with zero attached hydrogens (tertiary/aromatic N) is 1. The largest absolute Gasteiger partial charge is 0.185 e. The Morgan fingerprint density at radius 3 is 2.30 bits per heavy atom. The van der Waals surface area contributed by atoms with Crippen molar-refractivity contribution in [2.45, 2.75) is 50.3 Å². The van der Waals surface area contributed by atoms with Crippen LogP contribution < -0.4 is 0 Å². The van der Waals surface area contributed by atoms with Gasteiger partial charge in [0.25, 0.3) is 0 Å². The maximum Gasteiger partial charge on any atom is 0.138 e. The highest BCUT2D eigenvalue weighted by Crippen LogP contribution is 2.37. The van der Waals surface area contributed by atoms with Crippen LogP contribution in [0.2, 0.25) is 0 Å².